The Morgan fingerprint density at radius 2 is 1.70 bits per heavy atom. The van der Waals surface area contributed by atoms with Gasteiger partial charge in [-0.25, -0.2) is 22.0 Å². The molecule has 9 heteroatoms. The van der Waals surface area contributed by atoms with E-state index in [1.807, 2.05) is 0 Å². The van der Waals surface area contributed by atoms with Gasteiger partial charge in [-0.2, -0.15) is 0 Å². The zero-order valence-corrected chi connectivity index (χ0v) is 12.5. The van der Waals surface area contributed by atoms with Gasteiger partial charge in [0.25, 0.3) is 0 Å². The molecule has 1 rings (SSSR count). The minimum absolute atomic E-state index is 0.0485. The van der Waals surface area contributed by atoms with Crippen molar-refractivity contribution in [2.45, 2.75) is 17.7 Å². The van der Waals surface area contributed by atoms with E-state index in [0.717, 1.165) is 6.26 Å². The summed E-state index contributed by atoms with van der Waals surface area (Å²) in [5, 5.41) is 7.48. The highest BCUT2D eigenvalue weighted by molar-refractivity contribution is 7.90. The van der Waals surface area contributed by atoms with Gasteiger partial charge >= 0.3 is 0 Å². The van der Waals surface area contributed by atoms with Gasteiger partial charge in [0, 0.05) is 18.4 Å². The van der Waals surface area contributed by atoms with Crippen LogP contribution in [0.25, 0.3) is 0 Å². The molecule has 0 heterocycles. The van der Waals surface area contributed by atoms with Crippen LogP contribution in [0.5, 0.6) is 0 Å². The second kappa shape index (κ2) is 6.33. The molecule has 0 bridgehead atoms. The van der Waals surface area contributed by atoms with Crippen molar-refractivity contribution >= 4 is 31.5 Å². The third kappa shape index (κ3) is 6.13. The van der Waals surface area contributed by atoms with Crippen LogP contribution in [0.2, 0.25) is 0 Å². The van der Waals surface area contributed by atoms with Crippen LogP contribution in [-0.2, 0) is 24.7 Å². The average Bonchev–Trinajstić information content (AvgIpc) is 2.26. The molecule has 0 atom stereocenters. The highest BCUT2D eigenvalue weighted by Gasteiger charge is 2.09. The molecule has 1 aromatic carbocycles. The molecule has 0 aliphatic heterocycles. The molecule has 0 aliphatic rings. The van der Waals surface area contributed by atoms with Crippen LogP contribution in [-0.4, -0.2) is 34.8 Å². The van der Waals surface area contributed by atoms with Crippen LogP contribution in [0.15, 0.2) is 29.2 Å². The molecule has 0 aliphatic carbocycles. The fraction of sp³-hybridized carbons (Fsp3) is 0.364. The van der Waals surface area contributed by atoms with Gasteiger partial charge in [-0.15, -0.1) is 0 Å². The summed E-state index contributed by atoms with van der Waals surface area (Å²) < 4.78 is 43.9. The Labute approximate surface area is 118 Å². The number of hydrogen-bond acceptors (Lipinski definition) is 5. The predicted molar refractivity (Wildman–Crippen MR) is 75.4 cm³/mol. The lowest BCUT2D eigenvalue weighted by Gasteiger charge is -2.05. The number of nitrogens with one attached hydrogen (secondary N) is 1. The summed E-state index contributed by atoms with van der Waals surface area (Å²) in [4.78, 5) is 11.5. The maximum atomic E-state index is 11.5. The summed E-state index contributed by atoms with van der Waals surface area (Å²) in [5.41, 5.74) is 0.418. The van der Waals surface area contributed by atoms with Crippen molar-refractivity contribution in [3.8, 4) is 0 Å². The van der Waals surface area contributed by atoms with Gasteiger partial charge in [-0.05, 0) is 30.7 Å². The number of anilines is 1. The highest BCUT2D eigenvalue weighted by Crippen LogP contribution is 2.13. The second-order valence-corrected chi connectivity index (χ2v) is 8.17. The summed E-state index contributed by atoms with van der Waals surface area (Å²) >= 11 is 0. The van der Waals surface area contributed by atoms with Gasteiger partial charge < -0.3 is 5.32 Å². The van der Waals surface area contributed by atoms with Crippen LogP contribution in [0.3, 0.4) is 0 Å². The molecule has 0 radical (unpaired) electrons. The molecule has 3 N–H and O–H groups in total. The molecule has 0 fully saturated rings. The first-order valence-electron chi connectivity index (χ1n) is 5.68. The quantitative estimate of drug-likeness (QED) is 0.769. The Morgan fingerprint density at radius 1 is 1.15 bits per heavy atom. The maximum Gasteiger partial charge on any atom is 0.238 e. The SMILES string of the molecule is CS(=O)(=O)CCCC(=O)Nc1ccc(S(N)(=O)=O)cc1. The third-order valence-electron chi connectivity index (χ3n) is 2.39. The van der Waals surface area contributed by atoms with Crippen LogP contribution >= 0.6 is 0 Å². The minimum Gasteiger partial charge on any atom is -0.326 e. The molecule has 112 valence electrons. The van der Waals surface area contributed by atoms with E-state index in [9.17, 15) is 21.6 Å². The van der Waals surface area contributed by atoms with Gasteiger partial charge in [-0.3, -0.25) is 4.79 Å². The standard InChI is InChI=1S/C11H16N2O5S2/c1-19(15,16)8-2-3-11(14)13-9-4-6-10(7-5-9)20(12,17)18/h4-7H,2-3,8H2,1H3,(H,13,14)(H2,12,17,18). The number of amides is 1. The smallest absolute Gasteiger partial charge is 0.238 e. The minimum atomic E-state index is -3.76. The number of rotatable bonds is 6. The Balaban J connectivity index is 2.55. The zero-order chi connectivity index (χ0) is 15.4. The van der Waals surface area contributed by atoms with Crippen LogP contribution in [0.4, 0.5) is 5.69 Å². The van der Waals surface area contributed by atoms with Crippen LogP contribution in [0, 0.1) is 0 Å². The first-order valence-corrected chi connectivity index (χ1v) is 9.29. The second-order valence-electron chi connectivity index (χ2n) is 4.35. The number of sulfone groups is 1. The molecule has 1 aromatic rings. The number of primary sulfonamides is 1. The Kier molecular flexibility index (Phi) is 5.26. The normalized spacial score (nSPS) is 12.1. The van der Waals surface area contributed by atoms with E-state index in [1.165, 1.54) is 24.3 Å². The van der Waals surface area contributed by atoms with Crippen LogP contribution < -0.4 is 10.5 Å². The number of carbonyl (C=O) groups is 1. The maximum absolute atomic E-state index is 11.5. The van der Waals surface area contributed by atoms with Crippen molar-refractivity contribution in [3.63, 3.8) is 0 Å². The summed E-state index contributed by atoms with van der Waals surface area (Å²) in [5.74, 6) is -0.387. The van der Waals surface area contributed by atoms with Crippen molar-refractivity contribution in [2.24, 2.45) is 5.14 Å². The van der Waals surface area contributed by atoms with Gasteiger partial charge in [0.2, 0.25) is 15.9 Å². The third-order valence-corrected chi connectivity index (χ3v) is 4.35. The molecule has 7 nitrogen and oxygen atoms in total. The van der Waals surface area contributed by atoms with Crippen molar-refractivity contribution in [1.82, 2.24) is 0 Å². The molecule has 0 spiro atoms. The predicted octanol–water partition coefficient (Wildman–Crippen LogP) is 0.0973. The fourth-order valence-corrected chi connectivity index (χ4v) is 2.63. The Bertz CT molecular complexity index is 678. The number of benzene rings is 1. The molecular weight excluding hydrogens is 304 g/mol. The zero-order valence-electron chi connectivity index (χ0n) is 10.9. The number of nitrogens with two attached hydrogens (primary N) is 1. The summed E-state index contributed by atoms with van der Waals surface area (Å²) in [7, 11) is -6.83. The van der Waals surface area contributed by atoms with E-state index in [2.05, 4.69) is 5.32 Å². The average molecular weight is 320 g/mol. The molecule has 0 unspecified atom stereocenters. The van der Waals surface area contributed by atoms with Crippen molar-refractivity contribution in [2.75, 3.05) is 17.3 Å². The van der Waals surface area contributed by atoms with E-state index in [1.54, 1.807) is 0 Å². The summed E-state index contributed by atoms with van der Waals surface area (Å²) in [6.45, 7) is 0. The molecule has 20 heavy (non-hydrogen) atoms. The topological polar surface area (TPSA) is 123 Å². The summed E-state index contributed by atoms with van der Waals surface area (Å²) in [6, 6.07) is 5.38. The number of carbonyl (C=O) groups excluding carboxylic acids is 1. The highest BCUT2D eigenvalue weighted by atomic mass is 32.2. The first-order chi connectivity index (χ1) is 9.08. The van der Waals surface area contributed by atoms with Crippen LogP contribution in [0.1, 0.15) is 12.8 Å². The van der Waals surface area contributed by atoms with E-state index < -0.39 is 19.9 Å². The van der Waals surface area contributed by atoms with Crippen molar-refractivity contribution in [1.29, 1.82) is 0 Å². The van der Waals surface area contributed by atoms with Gasteiger partial charge in [0.15, 0.2) is 0 Å². The lowest BCUT2D eigenvalue weighted by Crippen LogP contribution is -2.14. The van der Waals surface area contributed by atoms with E-state index in [-0.39, 0.29) is 29.4 Å². The lowest BCUT2D eigenvalue weighted by molar-refractivity contribution is -0.116. The van der Waals surface area contributed by atoms with E-state index in [4.69, 9.17) is 5.14 Å². The number of hydrogen-bond donors (Lipinski definition) is 2. The lowest BCUT2D eigenvalue weighted by atomic mass is 10.3. The summed E-state index contributed by atoms with van der Waals surface area (Å²) in [6.07, 6.45) is 1.42. The molecule has 0 saturated carbocycles. The van der Waals surface area contributed by atoms with E-state index >= 15 is 0 Å². The fourth-order valence-electron chi connectivity index (χ4n) is 1.45. The molecule has 1 amide bonds. The largest absolute Gasteiger partial charge is 0.326 e. The van der Waals surface area contributed by atoms with Gasteiger partial charge in [0.1, 0.15) is 9.84 Å². The number of sulfonamides is 1. The van der Waals surface area contributed by atoms with Gasteiger partial charge in [-0.1, -0.05) is 0 Å². The van der Waals surface area contributed by atoms with Crippen molar-refractivity contribution in [3.05, 3.63) is 24.3 Å². The van der Waals surface area contributed by atoms with Gasteiger partial charge in [0.05, 0.1) is 10.6 Å². The monoisotopic (exact) mass is 320 g/mol. The molecule has 0 saturated heterocycles. The van der Waals surface area contributed by atoms with Crippen molar-refractivity contribution < 1.29 is 21.6 Å². The van der Waals surface area contributed by atoms with E-state index in [0.29, 0.717) is 5.69 Å². The Hall–Kier alpha value is -1.45. The Morgan fingerprint density at radius 3 is 2.15 bits per heavy atom. The first kappa shape index (κ1) is 16.6. The molecule has 0 aromatic heterocycles. The molecular formula is C11H16N2O5S2.